The van der Waals surface area contributed by atoms with Crippen LogP contribution in [0.4, 0.5) is 0 Å². The van der Waals surface area contributed by atoms with Crippen molar-refractivity contribution in [1.29, 1.82) is 0 Å². The van der Waals surface area contributed by atoms with Gasteiger partial charge < -0.3 is 14.1 Å². The third-order valence-corrected chi connectivity index (χ3v) is 5.03. The van der Waals surface area contributed by atoms with Crippen LogP contribution in [-0.2, 0) is 22.5 Å². The number of esters is 1. The van der Waals surface area contributed by atoms with E-state index >= 15 is 0 Å². The van der Waals surface area contributed by atoms with Gasteiger partial charge in [-0.25, -0.2) is 4.79 Å². The molecule has 28 heavy (non-hydrogen) atoms. The Kier molecular flexibility index (Phi) is 6.20. The first-order valence-corrected chi connectivity index (χ1v) is 9.81. The molecule has 146 valence electrons. The van der Waals surface area contributed by atoms with Gasteiger partial charge in [-0.3, -0.25) is 0 Å². The van der Waals surface area contributed by atoms with Gasteiger partial charge in [0.05, 0.1) is 17.1 Å². The largest absolute Gasteiger partial charge is 0.461 e. The van der Waals surface area contributed by atoms with E-state index in [-0.39, 0.29) is 18.4 Å². The highest BCUT2D eigenvalue weighted by atomic mass is 35.5. The summed E-state index contributed by atoms with van der Waals surface area (Å²) in [6, 6.07) is 13.8. The fourth-order valence-electron chi connectivity index (χ4n) is 3.55. The summed E-state index contributed by atoms with van der Waals surface area (Å²) >= 11 is 6.62. The third kappa shape index (κ3) is 4.12. The minimum atomic E-state index is -0.387. The molecule has 0 saturated heterocycles. The molecule has 1 aromatic heterocycles. The average molecular weight is 398 g/mol. The van der Waals surface area contributed by atoms with Crippen molar-refractivity contribution in [2.24, 2.45) is 0 Å². The second-order valence-corrected chi connectivity index (χ2v) is 7.37. The Hall–Kier alpha value is -2.59. The summed E-state index contributed by atoms with van der Waals surface area (Å²) in [7, 11) is 0. The Morgan fingerprint density at radius 3 is 2.50 bits per heavy atom. The van der Waals surface area contributed by atoms with Crippen molar-refractivity contribution in [3.05, 3.63) is 69.9 Å². The number of aryl methyl sites for hydroxylation is 2. The number of aromatic nitrogens is 1. The molecule has 0 spiro atoms. The molecule has 0 N–H and O–H groups in total. The van der Waals surface area contributed by atoms with Crippen LogP contribution in [-0.4, -0.2) is 22.9 Å². The molecule has 0 saturated carbocycles. The van der Waals surface area contributed by atoms with E-state index in [0.29, 0.717) is 30.1 Å². The van der Waals surface area contributed by atoms with Crippen LogP contribution in [0.1, 0.15) is 47.4 Å². The van der Waals surface area contributed by atoms with Crippen LogP contribution in [0.2, 0.25) is 5.02 Å². The number of carbonyl (C=O) groups is 2. The van der Waals surface area contributed by atoms with Crippen molar-refractivity contribution in [2.75, 3.05) is 6.61 Å². The van der Waals surface area contributed by atoms with Crippen molar-refractivity contribution in [2.45, 2.75) is 40.2 Å². The molecule has 2 aromatic carbocycles. The fraction of sp³-hybridized carbons (Fsp3) is 0.304. The van der Waals surface area contributed by atoms with Gasteiger partial charge in [-0.15, -0.1) is 0 Å². The molecule has 5 heteroatoms. The molecule has 0 aliphatic carbocycles. The van der Waals surface area contributed by atoms with Crippen molar-refractivity contribution in [3.63, 3.8) is 0 Å². The second-order valence-electron chi connectivity index (χ2n) is 6.96. The number of Topliss-reactive ketones (excluding diaryl/α,β-unsaturated/α-hetero) is 1. The summed E-state index contributed by atoms with van der Waals surface area (Å²) in [5.74, 6) is -0.306. The van der Waals surface area contributed by atoms with Crippen LogP contribution < -0.4 is 0 Å². The van der Waals surface area contributed by atoms with Gasteiger partial charge in [0.2, 0.25) is 0 Å². The van der Waals surface area contributed by atoms with Gasteiger partial charge in [-0.2, -0.15) is 0 Å². The maximum atomic E-state index is 12.9. The molecule has 0 unspecified atom stereocenters. The predicted molar refractivity (Wildman–Crippen MR) is 112 cm³/mol. The maximum Gasteiger partial charge on any atom is 0.355 e. The Morgan fingerprint density at radius 1 is 1.14 bits per heavy atom. The van der Waals surface area contributed by atoms with E-state index in [0.717, 1.165) is 27.6 Å². The Balaban J connectivity index is 2.28. The zero-order valence-corrected chi connectivity index (χ0v) is 17.2. The van der Waals surface area contributed by atoms with Crippen LogP contribution in [0, 0.1) is 6.92 Å². The predicted octanol–water partition coefficient (Wildman–Crippen LogP) is 5.35. The van der Waals surface area contributed by atoms with Crippen molar-refractivity contribution in [3.8, 4) is 0 Å². The van der Waals surface area contributed by atoms with Crippen molar-refractivity contribution < 1.29 is 14.3 Å². The zero-order valence-electron chi connectivity index (χ0n) is 16.4. The van der Waals surface area contributed by atoms with Crippen molar-refractivity contribution in [1.82, 2.24) is 4.57 Å². The number of hydrogen-bond acceptors (Lipinski definition) is 3. The molecule has 3 aromatic rings. The van der Waals surface area contributed by atoms with Gasteiger partial charge in [0.1, 0.15) is 11.5 Å². The van der Waals surface area contributed by atoms with E-state index in [2.05, 4.69) is 0 Å². The maximum absolute atomic E-state index is 12.9. The molecular formula is C23H24ClNO3. The SMILES string of the molecule is CCOC(=O)c1c(CCC(C)=O)c2cc(C)cc(Cl)c2n1Cc1ccccc1. The number of carbonyl (C=O) groups excluding carboxylic acids is 2. The zero-order chi connectivity index (χ0) is 20.3. The molecule has 3 rings (SSSR count). The highest BCUT2D eigenvalue weighted by Gasteiger charge is 2.25. The lowest BCUT2D eigenvalue weighted by molar-refractivity contribution is -0.116. The number of nitrogens with zero attached hydrogens (tertiary/aromatic N) is 1. The normalized spacial score (nSPS) is 11.0. The highest BCUT2D eigenvalue weighted by molar-refractivity contribution is 6.35. The first kappa shape index (κ1) is 20.2. The van der Waals surface area contributed by atoms with Crippen LogP contribution in [0.5, 0.6) is 0 Å². The lowest BCUT2D eigenvalue weighted by atomic mass is 10.0. The lowest BCUT2D eigenvalue weighted by Crippen LogP contribution is -2.15. The number of hydrogen-bond donors (Lipinski definition) is 0. The van der Waals surface area contributed by atoms with Gasteiger partial charge in [-0.1, -0.05) is 41.9 Å². The first-order chi connectivity index (χ1) is 13.4. The van der Waals surface area contributed by atoms with E-state index in [4.69, 9.17) is 16.3 Å². The Morgan fingerprint density at radius 2 is 1.86 bits per heavy atom. The molecule has 4 nitrogen and oxygen atoms in total. The number of halogens is 1. The minimum absolute atomic E-state index is 0.0810. The second kappa shape index (κ2) is 8.61. The number of benzene rings is 2. The summed E-state index contributed by atoms with van der Waals surface area (Å²) in [5, 5.41) is 1.50. The van der Waals surface area contributed by atoms with Crippen LogP contribution in [0.25, 0.3) is 10.9 Å². The van der Waals surface area contributed by atoms with Crippen LogP contribution >= 0.6 is 11.6 Å². The van der Waals surface area contributed by atoms with Gasteiger partial charge in [0.15, 0.2) is 0 Å². The smallest absolute Gasteiger partial charge is 0.355 e. The molecule has 1 heterocycles. The molecule has 0 aliphatic rings. The number of ether oxygens (including phenoxy) is 1. The standard InChI is InChI=1S/C23H24ClNO3/c1-4-28-23(27)22-18(11-10-16(3)26)19-12-15(2)13-20(24)21(19)25(22)14-17-8-6-5-7-9-17/h5-9,12-13H,4,10-11,14H2,1-3H3. The molecule has 0 atom stereocenters. The monoisotopic (exact) mass is 397 g/mol. The average Bonchev–Trinajstić information content (AvgIpc) is 2.94. The number of fused-ring (bicyclic) bond motifs is 1. The molecule has 0 aliphatic heterocycles. The molecule has 0 amide bonds. The molecular weight excluding hydrogens is 374 g/mol. The van der Waals surface area contributed by atoms with Crippen LogP contribution in [0.15, 0.2) is 42.5 Å². The van der Waals surface area contributed by atoms with E-state index in [1.807, 2.05) is 54.0 Å². The fourth-order valence-corrected chi connectivity index (χ4v) is 3.93. The first-order valence-electron chi connectivity index (χ1n) is 9.44. The van der Waals surface area contributed by atoms with E-state index < -0.39 is 0 Å². The number of rotatable bonds is 7. The summed E-state index contributed by atoms with van der Waals surface area (Å²) in [6.45, 7) is 6.09. The molecule has 0 bridgehead atoms. The Labute approximate surface area is 170 Å². The van der Waals surface area contributed by atoms with E-state index in [1.54, 1.807) is 13.8 Å². The molecule has 0 radical (unpaired) electrons. The number of ketones is 1. The van der Waals surface area contributed by atoms with E-state index in [1.165, 1.54) is 0 Å². The van der Waals surface area contributed by atoms with E-state index in [9.17, 15) is 9.59 Å². The van der Waals surface area contributed by atoms with Gasteiger partial charge in [0.25, 0.3) is 0 Å². The Bertz CT molecular complexity index is 1020. The topological polar surface area (TPSA) is 48.3 Å². The summed E-state index contributed by atoms with van der Waals surface area (Å²) < 4.78 is 7.30. The van der Waals surface area contributed by atoms with Gasteiger partial charge in [-0.05, 0) is 56.0 Å². The summed E-state index contributed by atoms with van der Waals surface area (Å²) in [5.41, 5.74) is 4.17. The molecule has 0 fully saturated rings. The third-order valence-electron chi connectivity index (χ3n) is 4.74. The summed E-state index contributed by atoms with van der Waals surface area (Å²) in [4.78, 5) is 24.6. The van der Waals surface area contributed by atoms with Crippen LogP contribution in [0.3, 0.4) is 0 Å². The van der Waals surface area contributed by atoms with Crippen molar-refractivity contribution >= 4 is 34.3 Å². The lowest BCUT2D eigenvalue weighted by Gasteiger charge is -2.12. The van der Waals surface area contributed by atoms with Gasteiger partial charge >= 0.3 is 5.97 Å². The highest BCUT2D eigenvalue weighted by Crippen LogP contribution is 2.35. The van der Waals surface area contributed by atoms with Gasteiger partial charge in [0, 0.05) is 18.4 Å². The quantitative estimate of drug-likeness (QED) is 0.505. The minimum Gasteiger partial charge on any atom is -0.461 e. The summed E-state index contributed by atoms with van der Waals surface area (Å²) in [6.07, 6.45) is 0.837.